The Morgan fingerprint density at radius 2 is 1.39 bits per heavy atom. The molecule has 0 aliphatic carbocycles. The molecule has 0 heterocycles. The van der Waals surface area contributed by atoms with E-state index in [2.05, 4.69) is 32.0 Å². The quantitative estimate of drug-likeness (QED) is 0.816. The van der Waals surface area contributed by atoms with Crippen LogP contribution in [0.5, 0.6) is 0 Å². The largest absolute Gasteiger partial charge is 0.259 e. The first kappa shape index (κ1) is 13.0. The molecule has 1 atom stereocenters. The van der Waals surface area contributed by atoms with Gasteiger partial charge in [-0.05, 0) is 25.0 Å². The molecule has 18 heavy (non-hydrogen) atoms. The van der Waals surface area contributed by atoms with Crippen LogP contribution in [-0.4, -0.2) is 4.21 Å². The maximum Gasteiger partial charge on any atom is 0.0489 e. The van der Waals surface area contributed by atoms with Gasteiger partial charge in [-0.3, -0.25) is 4.21 Å². The number of aryl methyl sites for hydroxylation is 2. The molecule has 0 radical (unpaired) electrons. The highest BCUT2D eigenvalue weighted by molar-refractivity contribution is 7.83. The zero-order valence-corrected chi connectivity index (χ0v) is 11.7. The van der Waals surface area contributed by atoms with Crippen LogP contribution >= 0.6 is 0 Å². The Labute approximate surface area is 111 Å². The van der Waals surface area contributed by atoms with E-state index in [9.17, 15) is 4.21 Å². The van der Waals surface area contributed by atoms with E-state index in [1.165, 1.54) is 16.7 Å². The van der Waals surface area contributed by atoms with Gasteiger partial charge in [0.15, 0.2) is 0 Å². The molecule has 0 aromatic heterocycles. The standard InChI is InChI=1S/C16H18OS/c1-13-8-14(2)10-16(9-13)12-18(17)11-15-6-4-3-5-7-15/h3-10H,11-12H2,1-2H3. The third-order valence-electron chi connectivity index (χ3n) is 2.78. The average molecular weight is 258 g/mol. The molecule has 0 saturated carbocycles. The Balaban J connectivity index is 2.03. The average Bonchev–Trinajstić information content (AvgIpc) is 2.28. The molecule has 2 aromatic rings. The lowest BCUT2D eigenvalue weighted by Crippen LogP contribution is -2.00. The zero-order valence-electron chi connectivity index (χ0n) is 10.8. The minimum Gasteiger partial charge on any atom is -0.259 e. The molecule has 94 valence electrons. The summed E-state index contributed by atoms with van der Waals surface area (Å²) in [7, 11) is -0.839. The van der Waals surface area contributed by atoms with E-state index in [4.69, 9.17) is 0 Å². The van der Waals surface area contributed by atoms with Gasteiger partial charge in [-0.1, -0.05) is 59.7 Å². The summed E-state index contributed by atoms with van der Waals surface area (Å²) in [6, 6.07) is 16.4. The van der Waals surface area contributed by atoms with Crippen molar-refractivity contribution in [1.29, 1.82) is 0 Å². The van der Waals surface area contributed by atoms with E-state index in [0.717, 1.165) is 5.56 Å². The van der Waals surface area contributed by atoms with Crippen molar-refractivity contribution in [3.8, 4) is 0 Å². The Kier molecular flexibility index (Phi) is 4.32. The monoisotopic (exact) mass is 258 g/mol. The second-order valence-electron chi connectivity index (χ2n) is 4.71. The van der Waals surface area contributed by atoms with Crippen LogP contribution in [0.2, 0.25) is 0 Å². The van der Waals surface area contributed by atoms with Gasteiger partial charge in [-0.25, -0.2) is 0 Å². The smallest absolute Gasteiger partial charge is 0.0489 e. The first-order chi connectivity index (χ1) is 8.63. The Morgan fingerprint density at radius 3 is 2.00 bits per heavy atom. The highest BCUT2D eigenvalue weighted by atomic mass is 32.2. The second-order valence-corrected chi connectivity index (χ2v) is 6.17. The fraction of sp³-hybridized carbons (Fsp3) is 0.250. The molecule has 0 aliphatic rings. The molecule has 2 rings (SSSR count). The third kappa shape index (κ3) is 3.81. The van der Waals surface area contributed by atoms with Gasteiger partial charge in [-0.2, -0.15) is 0 Å². The summed E-state index contributed by atoms with van der Waals surface area (Å²) in [6.07, 6.45) is 0. The van der Waals surface area contributed by atoms with E-state index < -0.39 is 10.8 Å². The van der Waals surface area contributed by atoms with Gasteiger partial charge in [0.2, 0.25) is 0 Å². The summed E-state index contributed by atoms with van der Waals surface area (Å²) in [5.74, 6) is 1.27. The summed E-state index contributed by atoms with van der Waals surface area (Å²) in [4.78, 5) is 0. The number of hydrogen-bond acceptors (Lipinski definition) is 1. The van der Waals surface area contributed by atoms with Crippen molar-refractivity contribution in [3.05, 3.63) is 70.8 Å². The highest BCUT2D eigenvalue weighted by Crippen LogP contribution is 2.13. The van der Waals surface area contributed by atoms with Crippen molar-refractivity contribution in [1.82, 2.24) is 0 Å². The van der Waals surface area contributed by atoms with Crippen LogP contribution in [0, 0.1) is 13.8 Å². The lowest BCUT2D eigenvalue weighted by Gasteiger charge is -2.05. The zero-order chi connectivity index (χ0) is 13.0. The Bertz CT molecular complexity index is 526. The molecule has 0 N–H and O–H groups in total. The lowest BCUT2D eigenvalue weighted by molar-refractivity contribution is 0.682. The first-order valence-corrected chi connectivity index (χ1v) is 7.58. The number of rotatable bonds is 4. The molecule has 0 saturated heterocycles. The molecule has 1 unspecified atom stereocenters. The van der Waals surface area contributed by atoms with Gasteiger partial charge in [0, 0.05) is 22.3 Å². The van der Waals surface area contributed by atoms with E-state index in [1.54, 1.807) is 0 Å². The maximum atomic E-state index is 12.1. The van der Waals surface area contributed by atoms with Crippen LogP contribution in [0.15, 0.2) is 48.5 Å². The molecular weight excluding hydrogens is 240 g/mol. The predicted molar refractivity (Wildman–Crippen MR) is 77.9 cm³/mol. The molecule has 0 amide bonds. The van der Waals surface area contributed by atoms with Crippen LogP contribution in [0.1, 0.15) is 22.3 Å². The molecule has 2 heteroatoms. The minimum atomic E-state index is -0.839. The third-order valence-corrected chi connectivity index (χ3v) is 4.09. The molecule has 0 spiro atoms. The van der Waals surface area contributed by atoms with Gasteiger partial charge < -0.3 is 0 Å². The van der Waals surface area contributed by atoms with Gasteiger partial charge in [0.1, 0.15) is 0 Å². The van der Waals surface area contributed by atoms with Gasteiger partial charge in [0.25, 0.3) is 0 Å². The van der Waals surface area contributed by atoms with Crippen molar-refractivity contribution >= 4 is 10.8 Å². The fourth-order valence-corrected chi connectivity index (χ4v) is 3.35. The van der Waals surface area contributed by atoms with Crippen LogP contribution in [0.4, 0.5) is 0 Å². The molecule has 2 aromatic carbocycles. The van der Waals surface area contributed by atoms with Crippen LogP contribution in [0.3, 0.4) is 0 Å². The van der Waals surface area contributed by atoms with E-state index in [1.807, 2.05) is 30.3 Å². The van der Waals surface area contributed by atoms with Crippen molar-refractivity contribution in [2.45, 2.75) is 25.4 Å². The van der Waals surface area contributed by atoms with Gasteiger partial charge in [-0.15, -0.1) is 0 Å². The Morgan fingerprint density at radius 1 is 0.833 bits per heavy atom. The van der Waals surface area contributed by atoms with Gasteiger partial charge in [0.05, 0.1) is 0 Å². The summed E-state index contributed by atoms with van der Waals surface area (Å²) >= 11 is 0. The first-order valence-electron chi connectivity index (χ1n) is 6.09. The van der Waals surface area contributed by atoms with E-state index in [0.29, 0.717) is 11.5 Å². The van der Waals surface area contributed by atoms with Crippen molar-refractivity contribution in [3.63, 3.8) is 0 Å². The summed E-state index contributed by atoms with van der Waals surface area (Å²) in [5.41, 5.74) is 4.78. The SMILES string of the molecule is Cc1cc(C)cc(CS(=O)Cc2ccccc2)c1. The van der Waals surface area contributed by atoms with Crippen LogP contribution in [-0.2, 0) is 22.3 Å². The second kappa shape index (κ2) is 5.96. The van der Waals surface area contributed by atoms with Gasteiger partial charge >= 0.3 is 0 Å². The highest BCUT2D eigenvalue weighted by Gasteiger charge is 2.04. The summed E-state index contributed by atoms with van der Waals surface area (Å²) < 4.78 is 12.1. The van der Waals surface area contributed by atoms with Crippen LogP contribution in [0.25, 0.3) is 0 Å². The molecule has 1 nitrogen and oxygen atoms in total. The molecule has 0 fully saturated rings. The summed E-state index contributed by atoms with van der Waals surface area (Å²) in [5, 5.41) is 0. The Hall–Kier alpha value is -1.41. The minimum absolute atomic E-state index is 0.633. The van der Waals surface area contributed by atoms with Crippen molar-refractivity contribution < 1.29 is 4.21 Å². The maximum absolute atomic E-state index is 12.1. The molecule has 0 aliphatic heterocycles. The molecular formula is C16H18OS. The van der Waals surface area contributed by atoms with E-state index in [-0.39, 0.29) is 0 Å². The predicted octanol–water partition coefficient (Wildman–Crippen LogP) is 3.75. The molecule has 0 bridgehead atoms. The van der Waals surface area contributed by atoms with Crippen molar-refractivity contribution in [2.24, 2.45) is 0 Å². The normalized spacial score (nSPS) is 12.3. The van der Waals surface area contributed by atoms with Crippen LogP contribution < -0.4 is 0 Å². The summed E-state index contributed by atoms with van der Waals surface area (Å²) in [6.45, 7) is 4.16. The number of hydrogen-bond donors (Lipinski definition) is 0. The fourth-order valence-electron chi connectivity index (χ4n) is 2.15. The van der Waals surface area contributed by atoms with E-state index >= 15 is 0 Å². The topological polar surface area (TPSA) is 17.1 Å². The van der Waals surface area contributed by atoms with Crippen molar-refractivity contribution in [2.75, 3.05) is 0 Å². The lowest BCUT2D eigenvalue weighted by atomic mass is 10.1. The number of benzene rings is 2.